The lowest BCUT2D eigenvalue weighted by molar-refractivity contribution is -0.147. The Bertz CT molecular complexity index is 185. The Labute approximate surface area is 91.0 Å². The van der Waals surface area contributed by atoms with E-state index in [-0.39, 0.29) is 5.97 Å². The van der Waals surface area contributed by atoms with Crippen LogP contribution in [0.2, 0.25) is 0 Å². The third-order valence-electron chi connectivity index (χ3n) is 2.24. The monoisotopic (exact) mass is 219 g/mol. The molecule has 0 aromatic carbocycles. The van der Waals surface area contributed by atoms with Gasteiger partial charge in [-0.05, 0) is 31.4 Å². The zero-order valence-electron chi connectivity index (χ0n) is 9.72. The Morgan fingerprint density at radius 2 is 2.14 bits per heavy atom. The van der Waals surface area contributed by atoms with Crippen molar-refractivity contribution in [1.82, 2.24) is 5.32 Å². The number of nitrogens with one attached hydrogen (secondary N) is 1. The Morgan fingerprint density at radius 1 is 1.57 bits per heavy atom. The SMILES string of the molecule is CNC(C)(CCSC(C)C)C(=O)OC. The second-order valence-electron chi connectivity index (χ2n) is 3.74. The maximum Gasteiger partial charge on any atom is 0.325 e. The van der Waals surface area contributed by atoms with Gasteiger partial charge in [0.15, 0.2) is 0 Å². The summed E-state index contributed by atoms with van der Waals surface area (Å²) in [5.74, 6) is 0.772. The molecule has 0 aromatic rings. The maximum absolute atomic E-state index is 11.4. The van der Waals surface area contributed by atoms with Gasteiger partial charge >= 0.3 is 5.97 Å². The standard InChI is InChI=1S/C10H21NO2S/c1-8(2)14-7-6-10(3,11-4)9(12)13-5/h8,11H,6-7H2,1-5H3. The van der Waals surface area contributed by atoms with Crippen molar-refractivity contribution in [2.75, 3.05) is 19.9 Å². The van der Waals surface area contributed by atoms with Crippen LogP contribution in [0, 0.1) is 0 Å². The topological polar surface area (TPSA) is 38.3 Å². The number of esters is 1. The molecule has 0 amide bonds. The van der Waals surface area contributed by atoms with E-state index in [0.29, 0.717) is 5.25 Å². The van der Waals surface area contributed by atoms with E-state index in [1.54, 1.807) is 7.05 Å². The molecule has 0 radical (unpaired) electrons. The van der Waals surface area contributed by atoms with Crippen LogP contribution in [0.4, 0.5) is 0 Å². The number of hydrogen-bond acceptors (Lipinski definition) is 4. The van der Waals surface area contributed by atoms with Gasteiger partial charge in [-0.2, -0.15) is 11.8 Å². The third-order valence-corrected chi connectivity index (χ3v) is 3.35. The van der Waals surface area contributed by atoms with Gasteiger partial charge in [0.2, 0.25) is 0 Å². The fraction of sp³-hybridized carbons (Fsp3) is 0.900. The van der Waals surface area contributed by atoms with Gasteiger partial charge in [-0.15, -0.1) is 0 Å². The van der Waals surface area contributed by atoms with Gasteiger partial charge in [0.1, 0.15) is 5.54 Å². The van der Waals surface area contributed by atoms with Gasteiger partial charge in [-0.1, -0.05) is 13.8 Å². The average Bonchev–Trinajstić information content (AvgIpc) is 2.15. The molecule has 14 heavy (non-hydrogen) atoms. The van der Waals surface area contributed by atoms with E-state index in [9.17, 15) is 4.79 Å². The first-order valence-electron chi connectivity index (χ1n) is 4.85. The van der Waals surface area contributed by atoms with Crippen molar-refractivity contribution in [3.63, 3.8) is 0 Å². The summed E-state index contributed by atoms with van der Waals surface area (Å²) in [6.45, 7) is 6.18. The van der Waals surface area contributed by atoms with Crippen LogP contribution in [-0.4, -0.2) is 36.7 Å². The highest BCUT2D eigenvalue weighted by Crippen LogP contribution is 2.18. The summed E-state index contributed by atoms with van der Waals surface area (Å²) in [6, 6.07) is 0. The zero-order valence-corrected chi connectivity index (χ0v) is 10.5. The highest BCUT2D eigenvalue weighted by molar-refractivity contribution is 7.99. The van der Waals surface area contributed by atoms with Crippen LogP contribution in [0.1, 0.15) is 27.2 Å². The van der Waals surface area contributed by atoms with Crippen molar-refractivity contribution < 1.29 is 9.53 Å². The number of ether oxygens (including phenoxy) is 1. The molecule has 1 N–H and O–H groups in total. The number of thioether (sulfide) groups is 1. The van der Waals surface area contributed by atoms with E-state index in [0.717, 1.165) is 12.2 Å². The molecule has 84 valence electrons. The summed E-state index contributed by atoms with van der Waals surface area (Å²) in [4.78, 5) is 11.4. The fourth-order valence-corrected chi connectivity index (χ4v) is 2.05. The number of methoxy groups -OCH3 is 1. The van der Waals surface area contributed by atoms with Crippen LogP contribution < -0.4 is 5.32 Å². The summed E-state index contributed by atoms with van der Waals surface area (Å²) in [6.07, 6.45) is 0.791. The van der Waals surface area contributed by atoms with Crippen molar-refractivity contribution >= 4 is 17.7 Å². The van der Waals surface area contributed by atoms with E-state index in [1.807, 2.05) is 18.7 Å². The van der Waals surface area contributed by atoms with E-state index >= 15 is 0 Å². The number of rotatable bonds is 6. The van der Waals surface area contributed by atoms with Gasteiger partial charge in [-0.25, -0.2) is 0 Å². The molecule has 0 spiro atoms. The summed E-state index contributed by atoms with van der Waals surface area (Å²) in [5.41, 5.74) is -0.545. The molecule has 3 nitrogen and oxygen atoms in total. The molecular weight excluding hydrogens is 198 g/mol. The summed E-state index contributed by atoms with van der Waals surface area (Å²) in [5, 5.41) is 3.62. The van der Waals surface area contributed by atoms with Crippen molar-refractivity contribution in [1.29, 1.82) is 0 Å². The highest BCUT2D eigenvalue weighted by Gasteiger charge is 2.31. The van der Waals surface area contributed by atoms with Gasteiger partial charge in [0, 0.05) is 0 Å². The first-order chi connectivity index (χ1) is 6.46. The highest BCUT2D eigenvalue weighted by atomic mass is 32.2. The van der Waals surface area contributed by atoms with E-state index in [4.69, 9.17) is 4.74 Å². The second-order valence-corrected chi connectivity index (χ2v) is 5.43. The van der Waals surface area contributed by atoms with Gasteiger partial charge < -0.3 is 10.1 Å². The van der Waals surface area contributed by atoms with Crippen LogP contribution >= 0.6 is 11.8 Å². The molecule has 0 aromatic heterocycles. The van der Waals surface area contributed by atoms with Gasteiger partial charge in [0.05, 0.1) is 7.11 Å². The molecule has 1 atom stereocenters. The number of likely N-dealkylation sites (N-methyl/N-ethyl adjacent to an activating group) is 1. The van der Waals surface area contributed by atoms with E-state index in [1.165, 1.54) is 7.11 Å². The summed E-state index contributed by atoms with van der Waals surface area (Å²) >= 11 is 1.85. The number of carbonyl (C=O) groups is 1. The van der Waals surface area contributed by atoms with E-state index in [2.05, 4.69) is 19.2 Å². The lowest BCUT2D eigenvalue weighted by Gasteiger charge is -2.26. The molecule has 0 fully saturated rings. The minimum absolute atomic E-state index is 0.190. The van der Waals surface area contributed by atoms with Crippen molar-refractivity contribution in [2.24, 2.45) is 0 Å². The molecule has 0 aliphatic carbocycles. The smallest absolute Gasteiger partial charge is 0.325 e. The Kier molecular flexibility index (Phi) is 6.20. The second kappa shape index (κ2) is 6.30. The number of carbonyl (C=O) groups excluding carboxylic acids is 1. The lowest BCUT2D eigenvalue weighted by Crippen LogP contribution is -2.48. The molecule has 0 saturated carbocycles. The van der Waals surface area contributed by atoms with Crippen molar-refractivity contribution in [2.45, 2.75) is 38.0 Å². The molecule has 0 rings (SSSR count). The van der Waals surface area contributed by atoms with Crippen LogP contribution in [0.25, 0.3) is 0 Å². The van der Waals surface area contributed by atoms with Crippen LogP contribution in [-0.2, 0) is 9.53 Å². The molecule has 0 bridgehead atoms. The Morgan fingerprint density at radius 3 is 2.50 bits per heavy atom. The molecule has 0 aliphatic heterocycles. The van der Waals surface area contributed by atoms with Gasteiger partial charge in [0.25, 0.3) is 0 Å². The minimum Gasteiger partial charge on any atom is -0.468 e. The first kappa shape index (κ1) is 13.8. The molecule has 0 saturated heterocycles. The van der Waals surface area contributed by atoms with Gasteiger partial charge in [-0.3, -0.25) is 4.79 Å². The third kappa shape index (κ3) is 4.33. The molecule has 0 heterocycles. The predicted octanol–water partition coefficient (Wildman–Crippen LogP) is 1.67. The quantitative estimate of drug-likeness (QED) is 0.690. The molecule has 0 aliphatic rings. The van der Waals surface area contributed by atoms with Crippen LogP contribution in [0.3, 0.4) is 0 Å². The molecule has 4 heteroatoms. The van der Waals surface area contributed by atoms with Crippen LogP contribution in [0.15, 0.2) is 0 Å². The minimum atomic E-state index is -0.545. The normalized spacial score (nSPS) is 15.3. The first-order valence-corrected chi connectivity index (χ1v) is 5.90. The molecule has 1 unspecified atom stereocenters. The fourth-order valence-electron chi connectivity index (χ4n) is 1.05. The predicted molar refractivity (Wildman–Crippen MR) is 61.7 cm³/mol. The average molecular weight is 219 g/mol. The Balaban J connectivity index is 4.06. The maximum atomic E-state index is 11.4. The van der Waals surface area contributed by atoms with Crippen molar-refractivity contribution in [3.8, 4) is 0 Å². The molecular formula is C10H21NO2S. The van der Waals surface area contributed by atoms with E-state index < -0.39 is 5.54 Å². The van der Waals surface area contributed by atoms with Crippen LogP contribution in [0.5, 0.6) is 0 Å². The summed E-state index contributed by atoms with van der Waals surface area (Å²) < 4.78 is 4.75. The van der Waals surface area contributed by atoms with Crippen molar-refractivity contribution in [3.05, 3.63) is 0 Å². The zero-order chi connectivity index (χ0) is 11.2. The number of hydrogen-bond donors (Lipinski definition) is 1. The summed E-state index contributed by atoms with van der Waals surface area (Å²) in [7, 11) is 3.21. The Hall–Kier alpha value is -0.220. The lowest BCUT2D eigenvalue weighted by atomic mass is 10.00. The largest absolute Gasteiger partial charge is 0.468 e.